The molecule has 0 saturated heterocycles. The molecule has 8 heavy (non-hydrogen) atoms. The average Bonchev–Trinajstić information content (AvgIpc) is 1.69. The van der Waals surface area contributed by atoms with E-state index in [2.05, 4.69) is 12.2 Å². The van der Waals surface area contributed by atoms with Gasteiger partial charge in [-0.15, -0.1) is 12.4 Å². The van der Waals surface area contributed by atoms with Gasteiger partial charge in [-0.05, 0) is 19.3 Å². The minimum absolute atomic E-state index is 0. The first-order valence-electron chi connectivity index (χ1n) is 2.80. The molecule has 0 saturated carbocycles. The summed E-state index contributed by atoms with van der Waals surface area (Å²) in [5, 5.41) is 0. The SMILES string of the molecule is Cl.NC1CC=CCC1. The van der Waals surface area contributed by atoms with E-state index in [1.807, 2.05) is 0 Å². The molecule has 1 nitrogen and oxygen atoms in total. The lowest BCUT2D eigenvalue weighted by molar-refractivity contribution is 0.606. The summed E-state index contributed by atoms with van der Waals surface area (Å²) >= 11 is 0. The molecule has 0 aromatic rings. The van der Waals surface area contributed by atoms with Gasteiger partial charge in [0.1, 0.15) is 0 Å². The summed E-state index contributed by atoms with van der Waals surface area (Å²) in [6.45, 7) is 0. The lowest BCUT2D eigenvalue weighted by Gasteiger charge is -2.09. The summed E-state index contributed by atoms with van der Waals surface area (Å²) in [7, 11) is 0. The zero-order valence-corrected chi connectivity index (χ0v) is 5.66. The van der Waals surface area contributed by atoms with Gasteiger partial charge in [0.05, 0.1) is 0 Å². The van der Waals surface area contributed by atoms with Crippen LogP contribution in [0.3, 0.4) is 0 Å². The van der Waals surface area contributed by atoms with Gasteiger partial charge in [0.25, 0.3) is 0 Å². The first-order valence-corrected chi connectivity index (χ1v) is 2.80. The van der Waals surface area contributed by atoms with Crippen LogP contribution >= 0.6 is 12.4 Å². The molecule has 1 rings (SSSR count). The molecule has 0 radical (unpaired) electrons. The van der Waals surface area contributed by atoms with Crippen LogP contribution in [0.2, 0.25) is 0 Å². The fraction of sp³-hybridized carbons (Fsp3) is 0.667. The molecule has 0 heterocycles. The van der Waals surface area contributed by atoms with Crippen molar-refractivity contribution >= 4 is 12.4 Å². The number of hydrogen-bond acceptors (Lipinski definition) is 1. The molecule has 2 heteroatoms. The van der Waals surface area contributed by atoms with Crippen molar-refractivity contribution in [2.45, 2.75) is 25.3 Å². The summed E-state index contributed by atoms with van der Waals surface area (Å²) in [5.74, 6) is 0. The Balaban J connectivity index is 0.000000490. The summed E-state index contributed by atoms with van der Waals surface area (Å²) < 4.78 is 0. The minimum atomic E-state index is 0. The Morgan fingerprint density at radius 1 is 1.38 bits per heavy atom. The quantitative estimate of drug-likeness (QED) is 0.498. The highest BCUT2D eigenvalue weighted by Gasteiger charge is 2.00. The lowest BCUT2D eigenvalue weighted by Crippen LogP contribution is -2.19. The maximum absolute atomic E-state index is 5.58. The number of halogens is 1. The van der Waals surface area contributed by atoms with Crippen LogP contribution in [0.25, 0.3) is 0 Å². The average molecular weight is 134 g/mol. The number of nitrogens with two attached hydrogens (primary N) is 1. The molecule has 0 fully saturated rings. The van der Waals surface area contributed by atoms with Crippen LogP contribution in [-0.2, 0) is 0 Å². The zero-order chi connectivity index (χ0) is 5.11. The van der Waals surface area contributed by atoms with Crippen LogP contribution in [0.1, 0.15) is 19.3 Å². The molecule has 0 aromatic carbocycles. The second-order valence-corrected chi connectivity index (χ2v) is 2.04. The molecule has 0 aliphatic heterocycles. The molecular formula is C6H12ClN. The number of allylic oxidation sites excluding steroid dienone is 1. The predicted octanol–water partition coefficient (Wildman–Crippen LogP) is 1.48. The first-order chi connectivity index (χ1) is 3.39. The molecule has 2 N–H and O–H groups in total. The zero-order valence-electron chi connectivity index (χ0n) is 4.84. The van der Waals surface area contributed by atoms with E-state index in [9.17, 15) is 0 Å². The molecule has 0 bridgehead atoms. The molecule has 1 unspecified atom stereocenters. The highest BCUT2D eigenvalue weighted by molar-refractivity contribution is 5.85. The molecule has 1 atom stereocenters. The second-order valence-electron chi connectivity index (χ2n) is 2.04. The van der Waals surface area contributed by atoms with E-state index in [4.69, 9.17) is 5.73 Å². The summed E-state index contributed by atoms with van der Waals surface area (Å²) in [6.07, 6.45) is 7.80. The molecule has 0 aromatic heterocycles. The maximum atomic E-state index is 5.58. The highest BCUT2D eigenvalue weighted by Crippen LogP contribution is 2.06. The Bertz CT molecular complexity index is 80.6. The Labute approximate surface area is 56.4 Å². The van der Waals surface area contributed by atoms with Gasteiger partial charge in [0, 0.05) is 6.04 Å². The summed E-state index contributed by atoms with van der Waals surface area (Å²) in [6, 6.07) is 0.449. The van der Waals surface area contributed by atoms with Crippen LogP contribution in [0.5, 0.6) is 0 Å². The van der Waals surface area contributed by atoms with Crippen LogP contribution in [0.15, 0.2) is 12.2 Å². The van der Waals surface area contributed by atoms with E-state index in [0.29, 0.717) is 6.04 Å². The third-order valence-electron chi connectivity index (χ3n) is 1.31. The van der Waals surface area contributed by atoms with Crippen LogP contribution in [-0.4, -0.2) is 6.04 Å². The molecule has 1 aliphatic rings. The Hall–Kier alpha value is -0.0100. The van der Waals surface area contributed by atoms with Gasteiger partial charge in [0.2, 0.25) is 0 Å². The van der Waals surface area contributed by atoms with Gasteiger partial charge in [-0.2, -0.15) is 0 Å². The Kier molecular flexibility index (Phi) is 3.92. The van der Waals surface area contributed by atoms with Crippen molar-refractivity contribution in [1.82, 2.24) is 0 Å². The fourth-order valence-electron chi connectivity index (χ4n) is 0.817. The Morgan fingerprint density at radius 2 is 2.12 bits per heavy atom. The fourth-order valence-corrected chi connectivity index (χ4v) is 0.817. The monoisotopic (exact) mass is 133 g/mol. The van der Waals surface area contributed by atoms with Gasteiger partial charge in [-0.3, -0.25) is 0 Å². The van der Waals surface area contributed by atoms with Gasteiger partial charge in [0.15, 0.2) is 0 Å². The Morgan fingerprint density at radius 3 is 2.38 bits per heavy atom. The molecule has 0 spiro atoms. The van der Waals surface area contributed by atoms with E-state index in [0.717, 1.165) is 6.42 Å². The van der Waals surface area contributed by atoms with Crippen molar-refractivity contribution in [3.8, 4) is 0 Å². The minimum Gasteiger partial charge on any atom is -0.327 e. The predicted molar refractivity (Wildman–Crippen MR) is 38.2 cm³/mol. The van der Waals surface area contributed by atoms with Crippen molar-refractivity contribution < 1.29 is 0 Å². The van der Waals surface area contributed by atoms with Crippen LogP contribution in [0.4, 0.5) is 0 Å². The largest absolute Gasteiger partial charge is 0.327 e. The summed E-state index contributed by atoms with van der Waals surface area (Å²) in [4.78, 5) is 0. The van der Waals surface area contributed by atoms with Gasteiger partial charge < -0.3 is 5.73 Å². The molecule has 48 valence electrons. The standard InChI is InChI=1S/C6H11N.ClH/c7-6-4-2-1-3-5-6;/h1-2,6H,3-5,7H2;1H. The normalized spacial score (nSPS) is 26.9. The maximum Gasteiger partial charge on any atom is 0.00763 e. The number of hydrogen-bond donors (Lipinski definition) is 1. The topological polar surface area (TPSA) is 26.0 Å². The second kappa shape index (κ2) is 3.93. The molecule has 0 amide bonds. The lowest BCUT2D eigenvalue weighted by atomic mass is 10.0. The first kappa shape index (κ1) is 7.99. The van der Waals surface area contributed by atoms with Gasteiger partial charge in [-0.25, -0.2) is 0 Å². The molecular weight excluding hydrogens is 122 g/mol. The summed E-state index contributed by atoms with van der Waals surface area (Å²) in [5.41, 5.74) is 5.58. The van der Waals surface area contributed by atoms with E-state index < -0.39 is 0 Å². The van der Waals surface area contributed by atoms with Crippen molar-refractivity contribution in [3.05, 3.63) is 12.2 Å². The van der Waals surface area contributed by atoms with Gasteiger partial charge >= 0.3 is 0 Å². The van der Waals surface area contributed by atoms with Crippen molar-refractivity contribution in [3.63, 3.8) is 0 Å². The third kappa shape index (κ3) is 2.34. The van der Waals surface area contributed by atoms with Crippen LogP contribution < -0.4 is 5.73 Å². The van der Waals surface area contributed by atoms with Crippen molar-refractivity contribution in [2.24, 2.45) is 5.73 Å². The van der Waals surface area contributed by atoms with E-state index >= 15 is 0 Å². The van der Waals surface area contributed by atoms with Gasteiger partial charge in [-0.1, -0.05) is 12.2 Å². The van der Waals surface area contributed by atoms with E-state index in [1.165, 1.54) is 12.8 Å². The van der Waals surface area contributed by atoms with Crippen LogP contribution in [0, 0.1) is 0 Å². The highest BCUT2D eigenvalue weighted by atomic mass is 35.5. The van der Waals surface area contributed by atoms with Crippen molar-refractivity contribution in [2.75, 3.05) is 0 Å². The number of rotatable bonds is 0. The smallest absolute Gasteiger partial charge is 0.00763 e. The van der Waals surface area contributed by atoms with E-state index in [-0.39, 0.29) is 12.4 Å². The molecule has 1 aliphatic carbocycles. The van der Waals surface area contributed by atoms with E-state index in [1.54, 1.807) is 0 Å². The van der Waals surface area contributed by atoms with Crippen molar-refractivity contribution in [1.29, 1.82) is 0 Å². The third-order valence-corrected chi connectivity index (χ3v) is 1.31.